The van der Waals surface area contributed by atoms with Crippen molar-refractivity contribution in [3.63, 3.8) is 0 Å². The third-order valence-corrected chi connectivity index (χ3v) is 4.32. The topological polar surface area (TPSA) is 66.6 Å². The highest BCUT2D eigenvalue weighted by Crippen LogP contribution is 2.32. The molecule has 4 nitrogen and oxygen atoms in total. The highest BCUT2D eigenvalue weighted by Gasteiger charge is 2.43. The monoisotopic (exact) mass is 330 g/mol. The largest absolute Gasteiger partial charge is 0.471 e. The lowest BCUT2D eigenvalue weighted by atomic mass is 9.87. The number of piperidine rings is 1. The van der Waals surface area contributed by atoms with Crippen LogP contribution in [0.25, 0.3) is 0 Å². The highest BCUT2D eigenvalue weighted by molar-refractivity contribution is 5.81. The molecule has 128 valence electrons. The molecular formula is C16H21F3N2O2. The van der Waals surface area contributed by atoms with Gasteiger partial charge in [0.15, 0.2) is 0 Å². The lowest BCUT2D eigenvalue weighted by molar-refractivity contribution is -0.187. The smallest absolute Gasteiger partial charge is 0.388 e. The Morgan fingerprint density at radius 3 is 2.13 bits per heavy atom. The van der Waals surface area contributed by atoms with Crippen LogP contribution in [0.1, 0.15) is 43.0 Å². The van der Waals surface area contributed by atoms with Crippen LogP contribution in [0.15, 0.2) is 24.3 Å². The molecule has 1 amide bonds. The summed E-state index contributed by atoms with van der Waals surface area (Å²) >= 11 is 0. The van der Waals surface area contributed by atoms with Crippen LogP contribution in [-0.4, -0.2) is 35.2 Å². The van der Waals surface area contributed by atoms with Crippen molar-refractivity contribution in [3.05, 3.63) is 35.4 Å². The van der Waals surface area contributed by atoms with Gasteiger partial charge in [-0.1, -0.05) is 24.3 Å². The number of nitrogens with two attached hydrogens (primary N) is 1. The van der Waals surface area contributed by atoms with Crippen molar-refractivity contribution in [3.8, 4) is 0 Å². The van der Waals surface area contributed by atoms with Crippen LogP contribution in [0.5, 0.6) is 0 Å². The number of hydrogen-bond donors (Lipinski definition) is 2. The van der Waals surface area contributed by atoms with Crippen LogP contribution in [0, 0.1) is 5.92 Å². The molecule has 1 unspecified atom stereocenters. The molecule has 1 saturated heterocycles. The molecule has 1 aromatic rings. The van der Waals surface area contributed by atoms with Gasteiger partial charge in [0.2, 0.25) is 0 Å². The second-order valence-electron chi connectivity index (χ2n) is 6.03. The van der Waals surface area contributed by atoms with E-state index in [1.165, 1.54) is 0 Å². The molecule has 0 radical (unpaired) electrons. The maximum Gasteiger partial charge on any atom is 0.471 e. The minimum absolute atomic E-state index is 0.0119. The molecule has 2 atom stereocenters. The molecule has 1 aliphatic rings. The first kappa shape index (κ1) is 17.7. The number of carbonyl (C=O) groups is 1. The first-order chi connectivity index (χ1) is 10.7. The summed E-state index contributed by atoms with van der Waals surface area (Å²) in [4.78, 5) is 12.0. The van der Waals surface area contributed by atoms with E-state index >= 15 is 0 Å². The average molecular weight is 330 g/mol. The van der Waals surface area contributed by atoms with Crippen LogP contribution >= 0.6 is 0 Å². The fourth-order valence-corrected chi connectivity index (χ4v) is 2.87. The summed E-state index contributed by atoms with van der Waals surface area (Å²) in [5.41, 5.74) is 7.44. The summed E-state index contributed by atoms with van der Waals surface area (Å²) in [6.45, 7) is 1.88. The van der Waals surface area contributed by atoms with Gasteiger partial charge in [0, 0.05) is 19.1 Å². The second-order valence-corrected chi connectivity index (χ2v) is 6.03. The zero-order valence-corrected chi connectivity index (χ0v) is 12.9. The maximum absolute atomic E-state index is 12.4. The maximum atomic E-state index is 12.4. The zero-order chi connectivity index (χ0) is 17.2. The second kappa shape index (κ2) is 6.88. The van der Waals surface area contributed by atoms with E-state index < -0.39 is 18.2 Å². The predicted octanol–water partition coefficient (Wildman–Crippen LogP) is 2.54. The van der Waals surface area contributed by atoms with Gasteiger partial charge < -0.3 is 15.7 Å². The van der Waals surface area contributed by atoms with Gasteiger partial charge in [0.25, 0.3) is 0 Å². The van der Waals surface area contributed by atoms with Crippen molar-refractivity contribution in [2.24, 2.45) is 11.7 Å². The quantitative estimate of drug-likeness (QED) is 0.895. The van der Waals surface area contributed by atoms with Crippen molar-refractivity contribution in [2.45, 2.75) is 38.1 Å². The molecular weight excluding hydrogens is 309 g/mol. The number of carbonyl (C=O) groups excluding carboxylic acids is 1. The summed E-state index contributed by atoms with van der Waals surface area (Å²) in [7, 11) is 0. The van der Waals surface area contributed by atoms with Gasteiger partial charge in [-0.15, -0.1) is 0 Å². The van der Waals surface area contributed by atoms with E-state index in [2.05, 4.69) is 0 Å². The molecule has 23 heavy (non-hydrogen) atoms. The van der Waals surface area contributed by atoms with Gasteiger partial charge in [-0.2, -0.15) is 13.2 Å². The fourth-order valence-electron chi connectivity index (χ4n) is 2.87. The number of likely N-dealkylation sites (tertiary alicyclic amines) is 1. The van der Waals surface area contributed by atoms with Crippen LogP contribution in [0.4, 0.5) is 13.2 Å². The molecule has 0 aromatic heterocycles. The lowest BCUT2D eigenvalue weighted by Gasteiger charge is -2.34. The Morgan fingerprint density at radius 2 is 1.70 bits per heavy atom. The number of rotatable bonds is 3. The van der Waals surface area contributed by atoms with Gasteiger partial charge in [0.05, 0.1) is 6.10 Å². The van der Waals surface area contributed by atoms with E-state index in [-0.39, 0.29) is 25.0 Å². The van der Waals surface area contributed by atoms with Crippen molar-refractivity contribution < 1.29 is 23.1 Å². The molecule has 1 aromatic carbocycles. The molecule has 0 bridgehead atoms. The Labute approximate surface area is 133 Å². The number of nitrogens with zero attached hydrogens (tertiary/aromatic N) is 1. The molecule has 3 N–H and O–H groups in total. The van der Waals surface area contributed by atoms with E-state index in [9.17, 15) is 23.1 Å². The van der Waals surface area contributed by atoms with E-state index in [1.807, 2.05) is 19.1 Å². The predicted molar refractivity (Wildman–Crippen MR) is 79.4 cm³/mol. The number of alkyl halides is 3. The molecule has 0 aliphatic carbocycles. The molecule has 1 fully saturated rings. The van der Waals surface area contributed by atoms with Crippen molar-refractivity contribution in [2.75, 3.05) is 13.1 Å². The molecule has 1 heterocycles. The van der Waals surface area contributed by atoms with Crippen molar-refractivity contribution >= 4 is 5.91 Å². The van der Waals surface area contributed by atoms with E-state index in [0.717, 1.165) is 16.0 Å². The summed E-state index contributed by atoms with van der Waals surface area (Å²) in [5.74, 6) is -1.96. The lowest BCUT2D eigenvalue weighted by Crippen LogP contribution is -2.46. The van der Waals surface area contributed by atoms with E-state index in [0.29, 0.717) is 12.8 Å². The van der Waals surface area contributed by atoms with Gasteiger partial charge in [-0.05, 0) is 36.8 Å². The van der Waals surface area contributed by atoms with Gasteiger partial charge in [-0.25, -0.2) is 0 Å². The van der Waals surface area contributed by atoms with Crippen LogP contribution < -0.4 is 5.73 Å². The Morgan fingerprint density at radius 1 is 1.22 bits per heavy atom. The van der Waals surface area contributed by atoms with Crippen LogP contribution in [-0.2, 0) is 4.79 Å². The summed E-state index contributed by atoms with van der Waals surface area (Å²) in [5, 5.41) is 10.4. The number of halogens is 3. The standard InChI is InChI=1S/C16H21F3N2O2/c1-10(20)11-2-4-12(5-3-11)14(22)13-6-8-21(9-7-13)15(23)16(17,18)19/h2-5,10,13-14,22H,6-9,20H2,1H3/t10-,14?/m0/s1. The number of aliphatic hydroxyl groups excluding tert-OH is 1. The van der Waals surface area contributed by atoms with E-state index in [1.54, 1.807) is 12.1 Å². The summed E-state index contributed by atoms with van der Waals surface area (Å²) < 4.78 is 37.2. The fraction of sp³-hybridized carbons (Fsp3) is 0.562. The molecule has 0 saturated carbocycles. The minimum atomic E-state index is -4.83. The molecule has 1 aliphatic heterocycles. The van der Waals surface area contributed by atoms with Gasteiger partial charge >= 0.3 is 12.1 Å². The Hall–Kier alpha value is -1.60. The number of amides is 1. The number of aliphatic hydroxyl groups is 1. The Bertz CT molecular complexity index is 535. The average Bonchev–Trinajstić information content (AvgIpc) is 2.53. The molecule has 7 heteroatoms. The van der Waals surface area contributed by atoms with E-state index in [4.69, 9.17) is 5.73 Å². The Balaban J connectivity index is 1.95. The summed E-state index contributed by atoms with van der Waals surface area (Å²) in [6.07, 6.45) is -4.89. The summed E-state index contributed by atoms with van der Waals surface area (Å²) in [6, 6.07) is 7.15. The minimum Gasteiger partial charge on any atom is -0.388 e. The highest BCUT2D eigenvalue weighted by atomic mass is 19.4. The number of benzene rings is 1. The normalized spacial score (nSPS) is 19.5. The number of hydrogen-bond acceptors (Lipinski definition) is 3. The van der Waals surface area contributed by atoms with Gasteiger partial charge in [0.1, 0.15) is 0 Å². The van der Waals surface area contributed by atoms with Crippen LogP contribution in [0.2, 0.25) is 0 Å². The van der Waals surface area contributed by atoms with Crippen molar-refractivity contribution in [1.82, 2.24) is 4.90 Å². The van der Waals surface area contributed by atoms with Gasteiger partial charge in [-0.3, -0.25) is 4.79 Å². The van der Waals surface area contributed by atoms with Crippen molar-refractivity contribution in [1.29, 1.82) is 0 Å². The third kappa shape index (κ3) is 4.23. The first-order valence-corrected chi connectivity index (χ1v) is 7.59. The SMILES string of the molecule is C[C@H](N)c1ccc(C(O)C2CCN(C(=O)C(F)(F)F)CC2)cc1. The third-order valence-electron chi connectivity index (χ3n) is 4.32. The Kier molecular flexibility index (Phi) is 5.31. The zero-order valence-electron chi connectivity index (χ0n) is 12.9. The first-order valence-electron chi connectivity index (χ1n) is 7.59. The molecule has 0 spiro atoms. The molecule has 2 rings (SSSR count). The van der Waals surface area contributed by atoms with Crippen LogP contribution in [0.3, 0.4) is 0 Å².